The van der Waals surface area contributed by atoms with Crippen molar-refractivity contribution in [3.63, 3.8) is 0 Å². The zero-order chi connectivity index (χ0) is 31.6. The molecule has 1 heterocycles. The van der Waals surface area contributed by atoms with Crippen LogP contribution in [0.25, 0.3) is 0 Å². The van der Waals surface area contributed by atoms with Crippen LogP contribution in [0.1, 0.15) is 30.5 Å². The summed E-state index contributed by atoms with van der Waals surface area (Å²) in [7, 11) is -2.25. The van der Waals surface area contributed by atoms with Crippen LogP contribution in [-0.2, 0) is 6.18 Å². The van der Waals surface area contributed by atoms with Gasteiger partial charge in [0, 0.05) is 18.9 Å². The number of hydrogen-bond acceptors (Lipinski definition) is 6. The maximum absolute atomic E-state index is 15.2. The topological polar surface area (TPSA) is 98.8 Å². The third-order valence-corrected chi connectivity index (χ3v) is 4.69. The molecule has 0 bridgehead atoms. The number of anilines is 1. The second-order valence-electron chi connectivity index (χ2n) is 7.22. The maximum Gasteiger partial charge on any atom is 0.573 e. The molecule has 8 nitrogen and oxygen atoms in total. The fourth-order valence-electron chi connectivity index (χ4n) is 3.05. The van der Waals surface area contributed by atoms with Crippen LogP contribution in [0.5, 0.6) is 23.0 Å². The highest BCUT2D eigenvalue weighted by Crippen LogP contribution is 2.42. The van der Waals surface area contributed by atoms with Crippen LogP contribution in [-0.4, -0.2) is 37.2 Å². The van der Waals surface area contributed by atoms with Gasteiger partial charge in [0.25, 0.3) is 11.8 Å². The van der Waals surface area contributed by atoms with Crippen molar-refractivity contribution in [2.75, 3.05) is 19.4 Å². The molecule has 2 N–H and O–H groups in total. The van der Waals surface area contributed by atoms with E-state index in [0.29, 0.717) is 18.2 Å². The van der Waals surface area contributed by atoms with E-state index in [1.54, 1.807) is 0 Å². The Balaban J connectivity index is 2.15. The molecule has 0 saturated carbocycles. The van der Waals surface area contributed by atoms with Gasteiger partial charge >= 0.3 is 12.5 Å². The smallest absolute Gasteiger partial charge is 0.490 e. The molecule has 0 saturated heterocycles. The predicted molar refractivity (Wildman–Crippen MR) is 117 cm³/mol. The lowest BCUT2D eigenvalue weighted by Gasteiger charge is -2.18. The van der Waals surface area contributed by atoms with Crippen LogP contribution in [0.3, 0.4) is 0 Å². The molecule has 39 heavy (non-hydrogen) atoms. The van der Waals surface area contributed by atoms with Gasteiger partial charge in [0.05, 0.1) is 16.7 Å². The quantitative estimate of drug-likeness (QED) is 0.356. The molecule has 0 aliphatic carbocycles. The standard InChI is InChI=1S/C23H15F8N3O5/c1-32-20(35)12-9-10(7-8-33-12)34-21(36)16-13(4-3-11(17(16)24)22(26,27)28)38-15-6-5-14(39-23(29,30)31)18(25)19(15)37-2/h3-9H,1-2H3,(H,32,35)(H,33,34,36)/i2D3. The fraction of sp³-hybridized carbons (Fsp3) is 0.174. The molecule has 16 heteroatoms. The van der Waals surface area contributed by atoms with E-state index in [2.05, 4.69) is 19.8 Å². The molecule has 3 rings (SSSR count). The van der Waals surface area contributed by atoms with Crippen LogP contribution in [0.2, 0.25) is 0 Å². The van der Waals surface area contributed by atoms with Crippen molar-refractivity contribution >= 4 is 17.5 Å². The van der Waals surface area contributed by atoms with Crippen molar-refractivity contribution in [1.82, 2.24) is 10.3 Å². The minimum absolute atomic E-state index is 0.138. The summed E-state index contributed by atoms with van der Waals surface area (Å²) in [6, 6.07) is 3.41. The second kappa shape index (κ2) is 11.0. The van der Waals surface area contributed by atoms with E-state index in [-0.39, 0.29) is 17.4 Å². The Morgan fingerprint density at radius 1 is 0.923 bits per heavy atom. The summed E-state index contributed by atoms with van der Waals surface area (Å²) in [6.07, 6.45) is -9.74. The summed E-state index contributed by atoms with van der Waals surface area (Å²) in [5.74, 6) is -11.8. The number of pyridine rings is 1. The fourth-order valence-corrected chi connectivity index (χ4v) is 3.05. The van der Waals surface area contributed by atoms with E-state index < -0.39 is 77.2 Å². The van der Waals surface area contributed by atoms with Crippen LogP contribution in [0.15, 0.2) is 42.6 Å². The van der Waals surface area contributed by atoms with Crippen LogP contribution in [0, 0.1) is 11.6 Å². The number of carbonyl (C=O) groups is 2. The van der Waals surface area contributed by atoms with E-state index in [4.69, 9.17) is 8.85 Å². The van der Waals surface area contributed by atoms with E-state index in [9.17, 15) is 40.3 Å². The van der Waals surface area contributed by atoms with Gasteiger partial charge in [0.15, 0.2) is 17.3 Å². The lowest BCUT2D eigenvalue weighted by atomic mass is 10.1. The molecular formula is C23H15F8N3O5. The Morgan fingerprint density at radius 2 is 1.59 bits per heavy atom. The van der Waals surface area contributed by atoms with Gasteiger partial charge < -0.3 is 24.8 Å². The lowest BCUT2D eigenvalue weighted by molar-refractivity contribution is -0.275. The summed E-state index contributed by atoms with van der Waals surface area (Å²) < 4.78 is 143. The minimum Gasteiger partial charge on any atom is -0.490 e. The molecule has 2 amide bonds. The predicted octanol–water partition coefficient (Wildman–Crippen LogP) is 5.69. The van der Waals surface area contributed by atoms with Crippen molar-refractivity contribution in [2.45, 2.75) is 12.5 Å². The average molecular weight is 568 g/mol. The molecule has 0 atom stereocenters. The number of nitrogens with zero attached hydrogens (tertiary/aromatic N) is 1. The number of halogens is 8. The number of methoxy groups -OCH3 is 1. The molecule has 0 spiro atoms. The van der Waals surface area contributed by atoms with Crippen molar-refractivity contribution in [3.8, 4) is 23.0 Å². The van der Waals surface area contributed by atoms with E-state index in [1.165, 1.54) is 7.05 Å². The van der Waals surface area contributed by atoms with Crippen LogP contribution in [0.4, 0.5) is 40.8 Å². The normalized spacial score (nSPS) is 13.0. The highest BCUT2D eigenvalue weighted by atomic mass is 19.4. The molecule has 0 aliphatic heterocycles. The Kier molecular flexibility index (Phi) is 6.97. The highest BCUT2D eigenvalue weighted by molar-refractivity contribution is 6.07. The third-order valence-electron chi connectivity index (χ3n) is 4.69. The first kappa shape index (κ1) is 24.7. The second-order valence-corrected chi connectivity index (χ2v) is 7.22. The maximum atomic E-state index is 15.2. The van der Waals surface area contributed by atoms with Gasteiger partial charge in [0.2, 0.25) is 11.6 Å². The number of hydrogen-bond donors (Lipinski definition) is 2. The summed E-state index contributed by atoms with van der Waals surface area (Å²) >= 11 is 0. The Hall–Kier alpha value is -4.63. The number of benzene rings is 2. The van der Waals surface area contributed by atoms with E-state index in [1.807, 2.05) is 5.32 Å². The number of alkyl halides is 6. The lowest BCUT2D eigenvalue weighted by Crippen LogP contribution is -2.21. The van der Waals surface area contributed by atoms with Crippen molar-refractivity contribution in [1.29, 1.82) is 0 Å². The Morgan fingerprint density at radius 3 is 2.21 bits per heavy atom. The summed E-state index contributed by atoms with van der Waals surface area (Å²) in [4.78, 5) is 28.5. The molecular weight excluding hydrogens is 550 g/mol. The van der Waals surface area contributed by atoms with Gasteiger partial charge in [-0.1, -0.05) is 0 Å². The summed E-state index contributed by atoms with van der Waals surface area (Å²) in [5.41, 5.74) is -3.89. The first-order valence-corrected chi connectivity index (χ1v) is 10.1. The van der Waals surface area contributed by atoms with E-state index in [0.717, 1.165) is 18.3 Å². The molecule has 0 aliphatic rings. The van der Waals surface area contributed by atoms with Crippen molar-refractivity contribution < 1.29 is 63.0 Å². The number of carbonyl (C=O) groups excluding carboxylic acids is 2. The molecule has 3 aromatic rings. The zero-order valence-corrected chi connectivity index (χ0v) is 19.1. The van der Waals surface area contributed by atoms with Gasteiger partial charge in [-0.25, -0.2) is 4.39 Å². The largest absolute Gasteiger partial charge is 0.573 e. The SMILES string of the molecule is [2H]C([2H])([2H])Oc1c(Oc2ccc(C(F)(F)F)c(F)c2C(=O)Nc2ccnc(C(=O)NC)c2)ccc(OC(F)(F)F)c1F. The molecule has 0 radical (unpaired) electrons. The molecule has 208 valence electrons. The van der Waals surface area contributed by atoms with Crippen molar-refractivity contribution in [3.05, 3.63) is 71.1 Å². The number of nitrogens with one attached hydrogen (secondary N) is 2. The Bertz CT molecular complexity index is 1510. The van der Waals surface area contributed by atoms with E-state index >= 15 is 4.39 Å². The average Bonchev–Trinajstić information content (AvgIpc) is 2.85. The first-order chi connectivity index (χ1) is 19.3. The van der Waals surface area contributed by atoms with Gasteiger partial charge in [-0.3, -0.25) is 14.6 Å². The summed E-state index contributed by atoms with van der Waals surface area (Å²) in [5, 5.41) is 4.27. The van der Waals surface area contributed by atoms with Gasteiger partial charge in [-0.2, -0.15) is 17.6 Å². The van der Waals surface area contributed by atoms with Crippen LogP contribution < -0.4 is 24.8 Å². The van der Waals surface area contributed by atoms with Crippen LogP contribution >= 0.6 is 0 Å². The molecule has 2 aromatic carbocycles. The molecule has 0 unspecified atom stereocenters. The molecule has 1 aromatic heterocycles. The van der Waals surface area contributed by atoms with Crippen molar-refractivity contribution in [2.24, 2.45) is 0 Å². The zero-order valence-electron chi connectivity index (χ0n) is 22.1. The van der Waals surface area contributed by atoms with Gasteiger partial charge in [-0.05, 0) is 36.4 Å². The number of aromatic nitrogens is 1. The molecule has 0 fully saturated rings. The summed E-state index contributed by atoms with van der Waals surface area (Å²) in [6.45, 7) is 0. The monoisotopic (exact) mass is 568 g/mol. The first-order valence-electron chi connectivity index (χ1n) is 11.6. The highest BCUT2D eigenvalue weighted by Gasteiger charge is 2.38. The minimum atomic E-state index is -5.44. The van der Waals surface area contributed by atoms with Gasteiger partial charge in [0.1, 0.15) is 17.0 Å². The number of amides is 2. The van der Waals surface area contributed by atoms with Gasteiger partial charge in [-0.15, -0.1) is 13.2 Å². The Labute approximate surface area is 217 Å². The number of rotatable bonds is 7. The third kappa shape index (κ3) is 6.63. The number of ether oxygens (including phenoxy) is 3.